The van der Waals surface area contributed by atoms with Crippen molar-refractivity contribution in [2.75, 3.05) is 33.4 Å². The number of hydrogen-bond donors (Lipinski definition) is 0. The zero-order valence-electron chi connectivity index (χ0n) is 28.4. The highest BCUT2D eigenvalue weighted by Gasteiger charge is 2.16. The number of ether oxygens (including phenoxy) is 3. The number of benzene rings is 4. The van der Waals surface area contributed by atoms with Gasteiger partial charge in [-0.25, -0.2) is 4.79 Å². The molecule has 1 atom stereocenters. The fourth-order valence-corrected chi connectivity index (χ4v) is 5.68. The van der Waals surface area contributed by atoms with Gasteiger partial charge in [-0.15, -0.1) is 0 Å². The van der Waals surface area contributed by atoms with Crippen LogP contribution in [0.15, 0.2) is 115 Å². The van der Waals surface area contributed by atoms with Crippen LogP contribution in [0.25, 0.3) is 6.08 Å². The minimum atomic E-state index is -0.346. The lowest BCUT2D eigenvalue weighted by atomic mass is 9.94. The van der Waals surface area contributed by atoms with Crippen LogP contribution in [-0.4, -0.2) is 50.3 Å². The quantitative estimate of drug-likeness (QED) is 0.0707. The average Bonchev–Trinajstić information content (AvgIpc) is 3.12. The number of nitrogens with zero attached hydrogens (tertiary/aromatic N) is 1. The molecule has 48 heavy (non-hydrogen) atoms. The molecule has 0 saturated heterocycles. The van der Waals surface area contributed by atoms with E-state index in [-0.39, 0.29) is 24.4 Å². The number of unbranched alkanes of at least 4 members (excludes halogenated alkanes) is 2. The van der Waals surface area contributed by atoms with E-state index in [2.05, 4.69) is 65.6 Å². The summed E-state index contributed by atoms with van der Waals surface area (Å²) in [5, 5.41) is 0. The summed E-state index contributed by atoms with van der Waals surface area (Å²) < 4.78 is 16.4. The van der Waals surface area contributed by atoms with Gasteiger partial charge in [-0.1, -0.05) is 103 Å². The SMILES string of the molecule is CCOC(=O)CN(CCC(C=Cc1ccccc1OCCCCCc1ccccc1)Cc1ccc(C(=O)OC)cc1)Cc1ccccc1. The maximum absolute atomic E-state index is 12.5. The minimum Gasteiger partial charge on any atom is -0.493 e. The molecule has 6 heteroatoms. The fourth-order valence-electron chi connectivity index (χ4n) is 5.68. The lowest BCUT2D eigenvalue weighted by Crippen LogP contribution is -2.32. The second kappa shape index (κ2) is 20.5. The zero-order valence-corrected chi connectivity index (χ0v) is 28.4. The summed E-state index contributed by atoms with van der Waals surface area (Å²) in [6.07, 6.45) is 10.4. The number of carbonyl (C=O) groups excluding carboxylic acids is 2. The Labute approximate surface area is 286 Å². The van der Waals surface area contributed by atoms with Gasteiger partial charge in [0, 0.05) is 12.1 Å². The second-order valence-corrected chi connectivity index (χ2v) is 12.0. The van der Waals surface area contributed by atoms with Crippen molar-refractivity contribution in [2.45, 2.75) is 52.0 Å². The zero-order chi connectivity index (χ0) is 33.8. The Morgan fingerprint density at radius 2 is 1.46 bits per heavy atom. The van der Waals surface area contributed by atoms with Crippen molar-refractivity contribution in [3.63, 3.8) is 0 Å². The van der Waals surface area contributed by atoms with Crippen LogP contribution in [0, 0.1) is 5.92 Å². The van der Waals surface area contributed by atoms with Gasteiger partial charge in [0.15, 0.2) is 0 Å². The van der Waals surface area contributed by atoms with E-state index in [0.717, 1.165) is 61.0 Å². The normalized spacial score (nSPS) is 11.8. The molecule has 0 radical (unpaired) electrons. The van der Waals surface area contributed by atoms with Crippen LogP contribution in [0.3, 0.4) is 0 Å². The summed E-state index contributed by atoms with van der Waals surface area (Å²) in [6.45, 7) is 4.47. The van der Waals surface area contributed by atoms with Gasteiger partial charge in [0.2, 0.25) is 0 Å². The first-order chi connectivity index (χ1) is 23.5. The van der Waals surface area contributed by atoms with Gasteiger partial charge in [0.25, 0.3) is 0 Å². The highest BCUT2D eigenvalue weighted by Crippen LogP contribution is 2.24. The van der Waals surface area contributed by atoms with Gasteiger partial charge in [-0.05, 0) is 92.8 Å². The maximum atomic E-state index is 12.5. The first-order valence-electron chi connectivity index (χ1n) is 17.1. The molecule has 0 amide bonds. The maximum Gasteiger partial charge on any atom is 0.337 e. The van der Waals surface area contributed by atoms with Crippen molar-refractivity contribution in [3.8, 4) is 5.75 Å². The monoisotopic (exact) mass is 647 g/mol. The third-order valence-electron chi connectivity index (χ3n) is 8.27. The number of esters is 2. The molecule has 0 heterocycles. The number of hydrogen-bond acceptors (Lipinski definition) is 6. The standard InChI is InChI=1S/C42H49NO5/c1-3-47-41(44)33-43(32-37-18-9-5-10-19-37)29-28-36(31-35-23-26-39(27-24-35)42(45)46-2)22-25-38-20-12-13-21-40(38)48-30-14-6-11-17-34-15-7-4-8-16-34/h4-5,7-10,12-13,15-16,18-27,36H,3,6,11,14,17,28-33H2,1-2H3. The van der Waals surface area contributed by atoms with Crippen LogP contribution >= 0.6 is 0 Å². The van der Waals surface area contributed by atoms with Gasteiger partial charge in [0.05, 0.1) is 32.4 Å². The highest BCUT2D eigenvalue weighted by molar-refractivity contribution is 5.89. The Morgan fingerprint density at radius 1 is 0.771 bits per heavy atom. The molecular formula is C42H49NO5. The lowest BCUT2D eigenvalue weighted by molar-refractivity contribution is -0.144. The fraction of sp³-hybridized carbons (Fsp3) is 0.333. The Morgan fingerprint density at radius 3 is 2.17 bits per heavy atom. The molecule has 252 valence electrons. The lowest BCUT2D eigenvalue weighted by Gasteiger charge is -2.24. The molecule has 0 bridgehead atoms. The molecule has 4 aromatic carbocycles. The number of rotatable bonds is 20. The average molecular weight is 648 g/mol. The van der Waals surface area contributed by atoms with Crippen molar-refractivity contribution in [1.82, 2.24) is 4.90 Å². The minimum absolute atomic E-state index is 0.167. The summed E-state index contributed by atoms with van der Waals surface area (Å²) >= 11 is 0. The Balaban J connectivity index is 1.43. The summed E-state index contributed by atoms with van der Waals surface area (Å²) in [4.78, 5) is 26.7. The predicted octanol–water partition coefficient (Wildman–Crippen LogP) is 8.59. The Kier molecular flexibility index (Phi) is 15.5. The van der Waals surface area contributed by atoms with Crippen molar-refractivity contribution >= 4 is 18.0 Å². The summed E-state index contributed by atoms with van der Waals surface area (Å²) in [7, 11) is 1.39. The van der Waals surface area contributed by atoms with E-state index in [0.29, 0.717) is 31.9 Å². The number of para-hydroxylation sites is 1. The molecule has 0 aliphatic rings. The summed E-state index contributed by atoms with van der Waals surface area (Å²) in [5.74, 6) is 0.484. The summed E-state index contributed by atoms with van der Waals surface area (Å²) in [5.41, 5.74) is 5.23. The van der Waals surface area contributed by atoms with Crippen LogP contribution in [0.2, 0.25) is 0 Å². The van der Waals surface area contributed by atoms with Gasteiger partial charge in [-0.3, -0.25) is 9.69 Å². The highest BCUT2D eigenvalue weighted by atomic mass is 16.5. The molecule has 0 N–H and O–H groups in total. The summed E-state index contributed by atoms with van der Waals surface area (Å²) in [6, 6.07) is 36.6. The van der Waals surface area contributed by atoms with Crippen molar-refractivity contribution in [3.05, 3.63) is 143 Å². The Hall–Kier alpha value is -4.68. The van der Waals surface area contributed by atoms with E-state index in [4.69, 9.17) is 14.2 Å². The van der Waals surface area contributed by atoms with Gasteiger partial charge in [0.1, 0.15) is 5.75 Å². The topological polar surface area (TPSA) is 65.1 Å². The molecule has 0 aliphatic carbocycles. The van der Waals surface area contributed by atoms with Gasteiger partial charge < -0.3 is 14.2 Å². The molecule has 0 fully saturated rings. The van der Waals surface area contributed by atoms with E-state index in [9.17, 15) is 9.59 Å². The molecule has 0 aromatic heterocycles. The molecule has 6 nitrogen and oxygen atoms in total. The molecule has 0 saturated carbocycles. The van der Waals surface area contributed by atoms with E-state index >= 15 is 0 Å². The molecule has 4 aromatic rings. The number of methoxy groups -OCH3 is 1. The van der Waals surface area contributed by atoms with Gasteiger partial charge in [-0.2, -0.15) is 0 Å². The van der Waals surface area contributed by atoms with Crippen molar-refractivity contribution < 1.29 is 23.8 Å². The molecule has 4 rings (SSSR count). The third kappa shape index (κ3) is 12.8. The van der Waals surface area contributed by atoms with Crippen LogP contribution in [-0.2, 0) is 33.7 Å². The van der Waals surface area contributed by atoms with Crippen LogP contribution in [0.4, 0.5) is 0 Å². The number of carbonyl (C=O) groups is 2. The van der Waals surface area contributed by atoms with E-state index in [1.165, 1.54) is 12.7 Å². The first-order valence-corrected chi connectivity index (χ1v) is 17.1. The molecular weight excluding hydrogens is 598 g/mol. The molecule has 0 aliphatic heterocycles. The number of aryl methyl sites for hydroxylation is 1. The van der Waals surface area contributed by atoms with Crippen LogP contribution in [0.5, 0.6) is 5.75 Å². The van der Waals surface area contributed by atoms with Gasteiger partial charge >= 0.3 is 11.9 Å². The van der Waals surface area contributed by atoms with E-state index in [1.807, 2.05) is 67.6 Å². The van der Waals surface area contributed by atoms with E-state index in [1.54, 1.807) is 0 Å². The third-order valence-corrected chi connectivity index (χ3v) is 8.27. The van der Waals surface area contributed by atoms with E-state index < -0.39 is 0 Å². The van der Waals surface area contributed by atoms with Crippen molar-refractivity contribution in [1.29, 1.82) is 0 Å². The molecule has 0 spiro atoms. The smallest absolute Gasteiger partial charge is 0.337 e. The largest absolute Gasteiger partial charge is 0.493 e. The number of allylic oxidation sites excluding steroid dienone is 1. The van der Waals surface area contributed by atoms with Crippen molar-refractivity contribution in [2.24, 2.45) is 5.92 Å². The van der Waals surface area contributed by atoms with Crippen LogP contribution in [0.1, 0.15) is 65.2 Å². The predicted molar refractivity (Wildman–Crippen MR) is 193 cm³/mol. The molecule has 1 unspecified atom stereocenters. The Bertz CT molecular complexity index is 1540. The first kappa shape index (κ1) is 36.2. The second-order valence-electron chi connectivity index (χ2n) is 12.0. The van der Waals surface area contributed by atoms with Crippen LogP contribution < -0.4 is 4.74 Å².